The van der Waals surface area contributed by atoms with E-state index in [2.05, 4.69) is 0 Å². The molecule has 0 unspecified atom stereocenters. The maximum absolute atomic E-state index is 13.2. The molecule has 0 saturated carbocycles. The van der Waals surface area contributed by atoms with E-state index in [1.54, 1.807) is 10.6 Å². The summed E-state index contributed by atoms with van der Waals surface area (Å²) in [5.74, 6) is -6.68. The molecule has 9 heteroatoms. The lowest BCUT2D eigenvalue weighted by molar-refractivity contribution is -0.131. The number of rotatable bonds is 3. The molecule has 6 nitrogen and oxygen atoms in total. The van der Waals surface area contributed by atoms with Gasteiger partial charge in [0.05, 0.1) is 5.69 Å². The number of carboxylic acids is 1. The van der Waals surface area contributed by atoms with Gasteiger partial charge in [0.15, 0.2) is 11.6 Å². The number of carboxylic acid groups (broad SMARTS) is 1. The van der Waals surface area contributed by atoms with Gasteiger partial charge in [0.2, 0.25) is 0 Å². The summed E-state index contributed by atoms with van der Waals surface area (Å²) in [7, 11) is 0. The Morgan fingerprint density at radius 2 is 1.75 bits per heavy atom. The van der Waals surface area contributed by atoms with E-state index in [-0.39, 0.29) is 6.07 Å². The molecular formula is C11H7F3N2O4. The summed E-state index contributed by atoms with van der Waals surface area (Å²) in [6.45, 7) is 0. The summed E-state index contributed by atoms with van der Waals surface area (Å²) in [5, 5.41) is 11.5. The van der Waals surface area contributed by atoms with Crippen LogP contribution in [0.5, 0.6) is 0 Å². The Morgan fingerprint density at radius 1 is 1.10 bits per heavy atom. The van der Waals surface area contributed by atoms with Crippen LogP contribution >= 0.6 is 0 Å². The third-order valence-corrected chi connectivity index (χ3v) is 1.86. The van der Waals surface area contributed by atoms with E-state index in [1.807, 2.05) is 0 Å². The summed E-state index contributed by atoms with van der Waals surface area (Å²) >= 11 is 0. The SMILES string of the molecule is O=C(O)/C=C/C(=O)NC(=O)Nc1cc(F)cc(F)c1F. The van der Waals surface area contributed by atoms with Gasteiger partial charge in [-0.25, -0.2) is 22.8 Å². The molecule has 3 N–H and O–H groups in total. The third-order valence-electron chi connectivity index (χ3n) is 1.86. The first-order chi connectivity index (χ1) is 9.29. The van der Waals surface area contributed by atoms with Crippen LogP contribution in [0, 0.1) is 17.5 Å². The number of carbonyl (C=O) groups is 3. The number of amides is 3. The van der Waals surface area contributed by atoms with Crippen molar-refractivity contribution in [3.05, 3.63) is 41.7 Å². The van der Waals surface area contributed by atoms with Crippen LogP contribution in [0.1, 0.15) is 0 Å². The maximum Gasteiger partial charge on any atom is 0.328 e. The van der Waals surface area contributed by atoms with Gasteiger partial charge < -0.3 is 10.4 Å². The van der Waals surface area contributed by atoms with Crippen molar-refractivity contribution in [2.75, 3.05) is 5.32 Å². The maximum atomic E-state index is 13.2. The van der Waals surface area contributed by atoms with Gasteiger partial charge in [0, 0.05) is 24.3 Å². The van der Waals surface area contributed by atoms with Gasteiger partial charge in [-0.1, -0.05) is 0 Å². The summed E-state index contributed by atoms with van der Waals surface area (Å²) < 4.78 is 38.8. The number of hydrogen-bond donors (Lipinski definition) is 3. The second kappa shape index (κ2) is 6.36. The van der Waals surface area contributed by atoms with Gasteiger partial charge in [0.1, 0.15) is 5.82 Å². The molecule has 0 spiro atoms. The molecule has 0 saturated heterocycles. The van der Waals surface area contributed by atoms with Crippen molar-refractivity contribution in [2.24, 2.45) is 0 Å². The zero-order valence-corrected chi connectivity index (χ0v) is 9.62. The van der Waals surface area contributed by atoms with Crippen molar-refractivity contribution in [2.45, 2.75) is 0 Å². The second-order valence-corrected chi connectivity index (χ2v) is 3.36. The molecule has 0 heterocycles. The fourth-order valence-corrected chi connectivity index (χ4v) is 1.10. The molecule has 1 aromatic carbocycles. The average molecular weight is 288 g/mol. The van der Waals surface area contributed by atoms with Crippen LogP contribution < -0.4 is 10.6 Å². The highest BCUT2D eigenvalue weighted by molar-refractivity contribution is 6.06. The van der Waals surface area contributed by atoms with E-state index < -0.39 is 41.0 Å². The van der Waals surface area contributed by atoms with Gasteiger partial charge in [-0.05, 0) is 0 Å². The highest BCUT2D eigenvalue weighted by Gasteiger charge is 2.14. The molecule has 0 fully saturated rings. The van der Waals surface area contributed by atoms with Crippen molar-refractivity contribution in [3.8, 4) is 0 Å². The summed E-state index contributed by atoms with van der Waals surface area (Å²) in [6, 6.07) is -0.497. The van der Waals surface area contributed by atoms with E-state index in [0.29, 0.717) is 18.2 Å². The standard InChI is InChI=1S/C11H7F3N2O4/c12-5-3-6(13)10(14)7(4-5)15-11(20)16-8(17)1-2-9(18)19/h1-4H,(H,18,19)(H2,15,16,17,20)/b2-1+. The highest BCUT2D eigenvalue weighted by Crippen LogP contribution is 2.18. The van der Waals surface area contributed by atoms with Crippen molar-refractivity contribution < 1.29 is 32.7 Å². The Balaban J connectivity index is 2.72. The normalized spacial score (nSPS) is 10.3. The number of hydrogen-bond acceptors (Lipinski definition) is 3. The first-order valence-corrected chi connectivity index (χ1v) is 4.97. The largest absolute Gasteiger partial charge is 0.478 e. The van der Waals surface area contributed by atoms with E-state index in [1.165, 1.54) is 0 Å². The minimum absolute atomic E-state index is 0.277. The minimum atomic E-state index is -1.52. The Kier molecular flexibility index (Phi) is 4.84. The number of anilines is 1. The first-order valence-electron chi connectivity index (χ1n) is 4.97. The van der Waals surface area contributed by atoms with Crippen molar-refractivity contribution >= 4 is 23.6 Å². The highest BCUT2D eigenvalue weighted by atomic mass is 19.2. The molecule has 0 atom stereocenters. The number of aliphatic carboxylic acids is 1. The predicted molar refractivity (Wildman–Crippen MR) is 60.3 cm³/mol. The smallest absolute Gasteiger partial charge is 0.328 e. The number of urea groups is 1. The molecule has 20 heavy (non-hydrogen) atoms. The number of imide groups is 1. The fourth-order valence-electron chi connectivity index (χ4n) is 1.10. The fraction of sp³-hybridized carbons (Fsp3) is 0. The van der Waals surface area contributed by atoms with Gasteiger partial charge in [-0.3, -0.25) is 10.1 Å². The molecule has 0 aliphatic carbocycles. The van der Waals surface area contributed by atoms with E-state index in [0.717, 1.165) is 0 Å². The molecule has 1 aromatic rings. The van der Waals surface area contributed by atoms with Gasteiger partial charge in [-0.15, -0.1) is 0 Å². The lowest BCUT2D eigenvalue weighted by atomic mass is 10.3. The van der Waals surface area contributed by atoms with Crippen molar-refractivity contribution in [3.63, 3.8) is 0 Å². The first kappa shape index (κ1) is 15.2. The topological polar surface area (TPSA) is 95.5 Å². The molecule has 3 amide bonds. The monoisotopic (exact) mass is 288 g/mol. The number of nitrogens with one attached hydrogen (secondary N) is 2. The second-order valence-electron chi connectivity index (χ2n) is 3.36. The zero-order valence-electron chi connectivity index (χ0n) is 9.62. The summed E-state index contributed by atoms with van der Waals surface area (Å²) in [6.07, 6.45) is 0.996. The molecular weight excluding hydrogens is 281 g/mol. The average Bonchev–Trinajstić information content (AvgIpc) is 2.32. The van der Waals surface area contributed by atoms with Gasteiger partial charge in [-0.2, -0.15) is 0 Å². The Bertz CT molecular complexity index is 602. The molecule has 0 aliphatic rings. The van der Waals surface area contributed by atoms with Crippen molar-refractivity contribution in [1.29, 1.82) is 0 Å². The summed E-state index contributed by atoms with van der Waals surface area (Å²) in [5.41, 5.74) is -0.810. The lowest BCUT2D eigenvalue weighted by Crippen LogP contribution is -2.33. The minimum Gasteiger partial charge on any atom is -0.478 e. The van der Waals surface area contributed by atoms with E-state index in [4.69, 9.17) is 5.11 Å². The molecule has 1 rings (SSSR count). The van der Waals surface area contributed by atoms with Crippen LogP contribution in [0.3, 0.4) is 0 Å². The molecule has 0 aliphatic heterocycles. The summed E-state index contributed by atoms with van der Waals surface area (Å²) in [4.78, 5) is 32.3. The number of carbonyl (C=O) groups excluding carboxylic acids is 2. The third kappa shape index (κ3) is 4.44. The van der Waals surface area contributed by atoms with Gasteiger partial charge >= 0.3 is 12.0 Å². The molecule has 0 aromatic heterocycles. The Morgan fingerprint density at radius 3 is 2.35 bits per heavy atom. The van der Waals surface area contributed by atoms with Crippen LogP contribution in [0.4, 0.5) is 23.7 Å². The Hall–Kier alpha value is -2.84. The van der Waals surface area contributed by atoms with Crippen molar-refractivity contribution in [1.82, 2.24) is 5.32 Å². The predicted octanol–water partition coefficient (Wildman–Crippen LogP) is 1.39. The van der Waals surface area contributed by atoms with Crippen LogP contribution in [-0.4, -0.2) is 23.0 Å². The van der Waals surface area contributed by atoms with Gasteiger partial charge in [0.25, 0.3) is 5.91 Å². The van der Waals surface area contributed by atoms with Crippen LogP contribution in [0.2, 0.25) is 0 Å². The molecule has 0 radical (unpaired) electrons. The zero-order chi connectivity index (χ0) is 15.3. The number of benzene rings is 1. The Labute approximate surface area is 109 Å². The number of halogens is 3. The quantitative estimate of drug-likeness (QED) is 0.578. The van der Waals surface area contributed by atoms with E-state index in [9.17, 15) is 27.6 Å². The van der Waals surface area contributed by atoms with Crippen LogP contribution in [0.15, 0.2) is 24.3 Å². The molecule has 0 bridgehead atoms. The lowest BCUT2D eigenvalue weighted by Gasteiger charge is -2.07. The van der Waals surface area contributed by atoms with E-state index >= 15 is 0 Å². The van der Waals surface area contributed by atoms with Crippen LogP contribution in [0.25, 0.3) is 0 Å². The molecule has 106 valence electrons. The van der Waals surface area contributed by atoms with Crippen LogP contribution in [-0.2, 0) is 9.59 Å².